The number of nitrogens with one attached hydrogen (secondary N) is 2. The van der Waals surface area contributed by atoms with Crippen molar-refractivity contribution in [3.63, 3.8) is 0 Å². The molecule has 1 aliphatic heterocycles. The van der Waals surface area contributed by atoms with E-state index in [-0.39, 0.29) is 11.9 Å². The molecular formula is C13H16F2N2O3S. The van der Waals surface area contributed by atoms with Gasteiger partial charge in [0, 0.05) is 5.69 Å². The molecule has 1 aliphatic rings. The summed E-state index contributed by atoms with van der Waals surface area (Å²) in [5, 5.41) is 5.72. The van der Waals surface area contributed by atoms with Gasteiger partial charge in [-0.2, -0.15) is 8.78 Å². The Balaban J connectivity index is 2.04. The third kappa shape index (κ3) is 3.76. The fraction of sp³-hybridized carbons (Fsp3) is 0.462. The summed E-state index contributed by atoms with van der Waals surface area (Å²) in [6.45, 7) is 0.781. The average Bonchev–Trinajstić information content (AvgIpc) is 2.48. The van der Waals surface area contributed by atoms with Gasteiger partial charge in [0.15, 0.2) is 0 Å². The van der Waals surface area contributed by atoms with E-state index in [1.165, 1.54) is 12.1 Å². The highest BCUT2D eigenvalue weighted by atomic mass is 32.2. The van der Waals surface area contributed by atoms with E-state index in [9.17, 15) is 22.0 Å². The maximum atomic E-state index is 12.4. The molecule has 0 spiro atoms. The number of amides is 1. The highest BCUT2D eigenvalue weighted by molar-refractivity contribution is 7.91. The fourth-order valence-electron chi connectivity index (χ4n) is 2.14. The number of carbonyl (C=O) groups is 1. The van der Waals surface area contributed by atoms with Crippen molar-refractivity contribution >= 4 is 21.4 Å². The minimum absolute atomic E-state index is 0.209. The van der Waals surface area contributed by atoms with Crippen molar-refractivity contribution in [2.75, 3.05) is 11.9 Å². The normalized spacial score (nSPS) is 19.5. The van der Waals surface area contributed by atoms with Crippen LogP contribution in [0.1, 0.15) is 19.3 Å². The zero-order chi connectivity index (χ0) is 15.5. The van der Waals surface area contributed by atoms with Crippen LogP contribution in [0.15, 0.2) is 29.2 Å². The molecule has 8 heteroatoms. The molecule has 2 N–H and O–H groups in total. The van der Waals surface area contributed by atoms with Gasteiger partial charge in [0.25, 0.3) is 0 Å². The molecule has 1 aromatic carbocycles. The summed E-state index contributed by atoms with van der Waals surface area (Å²) in [6, 6.07) is 4.45. The Kier molecular flexibility index (Phi) is 4.89. The van der Waals surface area contributed by atoms with Gasteiger partial charge in [-0.05, 0) is 43.7 Å². The fourth-order valence-corrected chi connectivity index (χ4v) is 2.86. The second kappa shape index (κ2) is 6.48. The maximum absolute atomic E-state index is 12.4. The SMILES string of the molecule is O=C(Nc1ccc(S(=O)(=O)C(F)F)cc1)C1CCCCN1. The molecule has 2 rings (SSSR count). The smallest absolute Gasteiger partial charge is 0.325 e. The van der Waals surface area contributed by atoms with Gasteiger partial charge in [-0.1, -0.05) is 6.42 Å². The Labute approximate surface area is 121 Å². The van der Waals surface area contributed by atoms with Crippen LogP contribution < -0.4 is 10.6 Å². The second-order valence-corrected chi connectivity index (χ2v) is 6.74. The first-order valence-corrected chi connectivity index (χ1v) is 8.12. The first-order valence-electron chi connectivity index (χ1n) is 6.57. The summed E-state index contributed by atoms with van der Waals surface area (Å²) in [5.41, 5.74) is 0.376. The summed E-state index contributed by atoms with van der Waals surface area (Å²) in [6.07, 6.45) is 2.74. The number of rotatable bonds is 4. The molecule has 5 nitrogen and oxygen atoms in total. The molecule has 0 aliphatic carbocycles. The summed E-state index contributed by atoms with van der Waals surface area (Å²) in [4.78, 5) is 11.5. The number of halogens is 2. The summed E-state index contributed by atoms with van der Waals surface area (Å²) in [5.74, 6) is -3.66. The van der Waals surface area contributed by atoms with Gasteiger partial charge >= 0.3 is 5.76 Å². The van der Waals surface area contributed by atoms with Crippen molar-refractivity contribution in [2.45, 2.75) is 36.0 Å². The van der Waals surface area contributed by atoms with E-state index in [1.54, 1.807) is 0 Å². The molecule has 1 heterocycles. The van der Waals surface area contributed by atoms with Crippen LogP contribution in [0.25, 0.3) is 0 Å². The lowest BCUT2D eigenvalue weighted by Crippen LogP contribution is -2.43. The zero-order valence-electron chi connectivity index (χ0n) is 11.2. The topological polar surface area (TPSA) is 75.3 Å². The minimum atomic E-state index is -4.60. The van der Waals surface area contributed by atoms with Crippen LogP contribution in [0.3, 0.4) is 0 Å². The predicted octanol–water partition coefficient (Wildman–Crippen LogP) is 1.76. The Hall–Kier alpha value is -1.54. The van der Waals surface area contributed by atoms with Gasteiger partial charge in [0.2, 0.25) is 15.7 Å². The molecule has 0 radical (unpaired) electrons. The number of anilines is 1. The van der Waals surface area contributed by atoms with Crippen molar-refractivity contribution in [2.24, 2.45) is 0 Å². The van der Waals surface area contributed by atoms with E-state index in [1.807, 2.05) is 0 Å². The molecule has 0 bridgehead atoms. The number of carbonyl (C=O) groups excluding carboxylic acids is 1. The number of hydrogen-bond donors (Lipinski definition) is 2. The van der Waals surface area contributed by atoms with Gasteiger partial charge in [-0.3, -0.25) is 4.79 Å². The molecule has 1 amide bonds. The second-order valence-electron chi connectivity index (χ2n) is 4.82. The van der Waals surface area contributed by atoms with Crippen LogP contribution in [-0.2, 0) is 14.6 Å². The van der Waals surface area contributed by atoms with Gasteiger partial charge in [0.05, 0.1) is 10.9 Å². The zero-order valence-corrected chi connectivity index (χ0v) is 12.0. The molecule has 1 saturated heterocycles. The lowest BCUT2D eigenvalue weighted by Gasteiger charge is -2.22. The molecule has 1 atom stereocenters. The van der Waals surface area contributed by atoms with E-state index < -0.39 is 20.5 Å². The van der Waals surface area contributed by atoms with Crippen LogP contribution in [-0.4, -0.2) is 32.7 Å². The lowest BCUT2D eigenvalue weighted by atomic mass is 10.0. The largest absolute Gasteiger partial charge is 0.341 e. The maximum Gasteiger partial charge on any atom is 0.341 e. The molecule has 0 saturated carbocycles. The Bertz CT molecular complexity index is 596. The van der Waals surface area contributed by atoms with E-state index in [2.05, 4.69) is 10.6 Å². The number of benzene rings is 1. The number of piperidine rings is 1. The third-order valence-corrected chi connectivity index (χ3v) is 4.71. The van der Waals surface area contributed by atoms with Crippen LogP contribution >= 0.6 is 0 Å². The van der Waals surface area contributed by atoms with Crippen molar-refractivity contribution in [3.05, 3.63) is 24.3 Å². The van der Waals surface area contributed by atoms with Crippen molar-refractivity contribution in [1.29, 1.82) is 0 Å². The Morgan fingerprint density at radius 1 is 1.24 bits per heavy atom. The summed E-state index contributed by atoms with van der Waals surface area (Å²) in [7, 11) is -4.60. The summed E-state index contributed by atoms with van der Waals surface area (Å²) < 4.78 is 47.3. The van der Waals surface area contributed by atoms with Crippen LogP contribution in [0.5, 0.6) is 0 Å². The molecule has 1 fully saturated rings. The highest BCUT2D eigenvalue weighted by Crippen LogP contribution is 2.20. The van der Waals surface area contributed by atoms with E-state index in [0.717, 1.165) is 37.9 Å². The monoisotopic (exact) mass is 318 g/mol. The van der Waals surface area contributed by atoms with E-state index >= 15 is 0 Å². The molecule has 116 valence electrons. The first-order chi connectivity index (χ1) is 9.91. The Morgan fingerprint density at radius 2 is 1.90 bits per heavy atom. The average molecular weight is 318 g/mol. The number of sulfone groups is 1. The summed E-state index contributed by atoms with van der Waals surface area (Å²) >= 11 is 0. The number of alkyl halides is 2. The molecular weight excluding hydrogens is 302 g/mol. The van der Waals surface area contributed by atoms with Gasteiger partial charge < -0.3 is 10.6 Å². The van der Waals surface area contributed by atoms with E-state index in [0.29, 0.717) is 5.69 Å². The van der Waals surface area contributed by atoms with Crippen molar-refractivity contribution in [3.8, 4) is 0 Å². The highest BCUT2D eigenvalue weighted by Gasteiger charge is 2.26. The Morgan fingerprint density at radius 3 is 2.43 bits per heavy atom. The third-order valence-electron chi connectivity index (χ3n) is 3.31. The van der Waals surface area contributed by atoms with E-state index in [4.69, 9.17) is 0 Å². The molecule has 1 unspecified atom stereocenters. The quantitative estimate of drug-likeness (QED) is 0.887. The van der Waals surface area contributed by atoms with Crippen LogP contribution in [0.4, 0.5) is 14.5 Å². The van der Waals surface area contributed by atoms with Crippen molar-refractivity contribution in [1.82, 2.24) is 5.32 Å². The van der Waals surface area contributed by atoms with Gasteiger partial charge in [-0.25, -0.2) is 8.42 Å². The molecule has 21 heavy (non-hydrogen) atoms. The van der Waals surface area contributed by atoms with Crippen LogP contribution in [0, 0.1) is 0 Å². The van der Waals surface area contributed by atoms with Crippen LogP contribution in [0.2, 0.25) is 0 Å². The minimum Gasteiger partial charge on any atom is -0.325 e. The molecule has 0 aromatic heterocycles. The van der Waals surface area contributed by atoms with Gasteiger partial charge in [-0.15, -0.1) is 0 Å². The lowest BCUT2D eigenvalue weighted by molar-refractivity contribution is -0.118. The number of hydrogen-bond acceptors (Lipinski definition) is 4. The first kappa shape index (κ1) is 15.8. The van der Waals surface area contributed by atoms with Gasteiger partial charge in [0.1, 0.15) is 0 Å². The standard InChI is InChI=1S/C13H16F2N2O3S/c14-13(15)21(19,20)10-6-4-9(5-7-10)17-12(18)11-3-1-2-8-16-11/h4-7,11,13,16H,1-3,8H2,(H,17,18). The van der Waals surface area contributed by atoms with Crippen molar-refractivity contribution < 1.29 is 22.0 Å². The predicted molar refractivity (Wildman–Crippen MR) is 73.9 cm³/mol. The molecule has 1 aromatic rings.